The van der Waals surface area contributed by atoms with E-state index in [2.05, 4.69) is 59.2 Å². The Bertz CT molecular complexity index is 661. The van der Waals surface area contributed by atoms with Crippen molar-refractivity contribution in [3.8, 4) is 0 Å². The van der Waals surface area contributed by atoms with Crippen molar-refractivity contribution in [2.24, 2.45) is 34.5 Å². The minimum atomic E-state index is -1.54. The summed E-state index contributed by atoms with van der Waals surface area (Å²) in [6.07, 6.45) is 13.9. The summed E-state index contributed by atoms with van der Waals surface area (Å²) in [5, 5.41) is 0. The van der Waals surface area contributed by atoms with Crippen LogP contribution in [0.3, 0.4) is 0 Å². The van der Waals surface area contributed by atoms with Crippen LogP contribution in [0.4, 0.5) is 0 Å². The van der Waals surface area contributed by atoms with Crippen LogP contribution in [0, 0.1) is 34.5 Å². The topological polar surface area (TPSA) is 18.5 Å². The van der Waals surface area contributed by atoms with Crippen molar-refractivity contribution in [1.29, 1.82) is 0 Å². The summed E-state index contributed by atoms with van der Waals surface area (Å²) >= 11 is 0. The fourth-order valence-electron chi connectivity index (χ4n) is 7.84. The average molecular weight is 435 g/mol. The summed E-state index contributed by atoms with van der Waals surface area (Å²) in [7, 11) is -2.97. The van der Waals surface area contributed by atoms with Gasteiger partial charge in [0.25, 0.3) is 0 Å². The molecule has 2 nitrogen and oxygen atoms in total. The van der Waals surface area contributed by atoms with E-state index in [0.29, 0.717) is 16.9 Å². The van der Waals surface area contributed by atoms with Crippen LogP contribution in [-0.4, -0.2) is 22.7 Å². The Hall–Kier alpha value is -0.0662. The van der Waals surface area contributed by atoms with Gasteiger partial charge in [0, 0.05) is 11.5 Å². The van der Waals surface area contributed by atoms with Crippen molar-refractivity contribution in [2.75, 3.05) is 0 Å². The van der Waals surface area contributed by atoms with Gasteiger partial charge in [-0.05, 0) is 126 Å². The maximum atomic E-state index is 6.63. The Balaban J connectivity index is 1.49. The highest BCUT2D eigenvalue weighted by molar-refractivity contribution is 6.70. The zero-order valence-corrected chi connectivity index (χ0v) is 22.4. The van der Waals surface area contributed by atoms with Crippen LogP contribution < -0.4 is 0 Å². The third-order valence-corrected chi connectivity index (χ3v) is 10.9. The van der Waals surface area contributed by atoms with Crippen LogP contribution in [-0.2, 0) is 8.85 Å². The van der Waals surface area contributed by atoms with Crippen LogP contribution in [0.25, 0.3) is 0 Å². The van der Waals surface area contributed by atoms with Crippen molar-refractivity contribution >= 4 is 16.6 Å². The first kappa shape index (κ1) is 22.1. The molecule has 0 radical (unpaired) electrons. The van der Waals surface area contributed by atoms with Crippen molar-refractivity contribution in [2.45, 2.75) is 111 Å². The van der Waals surface area contributed by atoms with Crippen molar-refractivity contribution in [3.63, 3.8) is 0 Å². The number of rotatable bonds is 4. The van der Waals surface area contributed by atoms with Crippen LogP contribution in [0.1, 0.15) is 65.2 Å². The van der Waals surface area contributed by atoms with Gasteiger partial charge in [-0.15, -0.1) is 0 Å². The van der Waals surface area contributed by atoms with Crippen LogP contribution in [0.2, 0.25) is 39.3 Å². The molecule has 0 aliphatic heterocycles. The Morgan fingerprint density at radius 2 is 1.59 bits per heavy atom. The van der Waals surface area contributed by atoms with E-state index < -0.39 is 16.6 Å². The Morgan fingerprint density at radius 3 is 2.24 bits per heavy atom. The van der Waals surface area contributed by atoms with Crippen LogP contribution in [0.15, 0.2) is 11.8 Å². The second-order valence-corrected chi connectivity index (χ2v) is 22.1. The van der Waals surface area contributed by atoms with Gasteiger partial charge in [-0.2, -0.15) is 0 Å². The van der Waals surface area contributed by atoms with E-state index in [-0.39, 0.29) is 0 Å². The molecule has 0 heterocycles. The van der Waals surface area contributed by atoms with E-state index in [1.165, 1.54) is 57.1 Å². The molecule has 0 aromatic heterocycles. The molecule has 4 heteroatoms. The largest absolute Gasteiger partial charge is 0.547 e. The summed E-state index contributed by atoms with van der Waals surface area (Å²) in [6.45, 7) is 19.3. The SMILES string of the molecule is C[C@]12CCC3C(CC[C@@H]4C[C@H](O[Si](C)(C)C)CC[C@]34C)C1CC=C2O[Si](C)(C)C. The molecule has 4 rings (SSSR count). The molecule has 0 aromatic carbocycles. The van der Waals surface area contributed by atoms with Gasteiger partial charge in [-0.1, -0.05) is 13.8 Å². The fraction of sp³-hybridized carbons (Fsp3) is 0.920. The predicted molar refractivity (Wildman–Crippen MR) is 128 cm³/mol. The molecule has 0 saturated heterocycles. The zero-order valence-electron chi connectivity index (χ0n) is 20.4. The molecule has 4 aliphatic rings. The Kier molecular flexibility index (Phi) is 5.52. The minimum absolute atomic E-state index is 0.308. The van der Waals surface area contributed by atoms with E-state index >= 15 is 0 Å². The molecule has 3 fully saturated rings. The molecule has 7 atom stereocenters. The van der Waals surface area contributed by atoms with E-state index in [1.54, 1.807) is 0 Å². The summed E-state index contributed by atoms with van der Waals surface area (Å²) in [4.78, 5) is 0. The average Bonchev–Trinajstić information content (AvgIpc) is 2.89. The maximum Gasteiger partial charge on any atom is 0.241 e. The van der Waals surface area contributed by atoms with Gasteiger partial charge < -0.3 is 8.85 Å². The van der Waals surface area contributed by atoms with E-state index in [9.17, 15) is 0 Å². The zero-order chi connectivity index (χ0) is 21.2. The van der Waals surface area contributed by atoms with Gasteiger partial charge >= 0.3 is 0 Å². The molecule has 3 saturated carbocycles. The molecule has 0 spiro atoms. The Morgan fingerprint density at radius 1 is 0.862 bits per heavy atom. The lowest BCUT2D eigenvalue weighted by Crippen LogP contribution is -2.54. The highest BCUT2D eigenvalue weighted by Crippen LogP contribution is 2.66. The number of hydrogen-bond acceptors (Lipinski definition) is 2. The normalized spacial score (nSPS) is 45.1. The third-order valence-electron chi connectivity index (χ3n) is 9.06. The lowest BCUT2D eigenvalue weighted by atomic mass is 9.45. The first-order valence-electron chi connectivity index (χ1n) is 12.4. The highest BCUT2D eigenvalue weighted by atomic mass is 28.4. The summed E-state index contributed by atoms with van der Waals surface area (Å²) < 4.78 is 13.2. The van der Waals surface area contributed by atoms with Crippen LogP contribution >= 0.6 is 0 Å². The van der Waals surface area contributed by atoms with Crippen molar-refractivity contribution in [1.82, 2.24) is 0 Å². The van der Waals surface area contributed by atoms with E-state index in [0.717, 1.165) is 23.7 Å². The molecular formula is C25H46O2Si2. The van der Waals surface area contributed by atoms with Gasteiger partial charge in [0.2, 0.25) is 8.32 Å². The monoisotopic (exact) mass is 434 g/mol. The van der Waals surface area contributed by atoms with E-state index in [1.807, 2.05) is 0 Å². The van der Waals surface area contributed by atoms with Gasteiger partial charge in [-0.3, -0.25) is 0 Å². The molecule has 4 aliphatic carbocycles. The van der Waals surface area contributed by atoms with Gasteiger partial charge in [0.1, 0.15) is 0 Å². The minimum Gasteiger partial charge on any atom is -0.547 e. The molecule has 0 N–H and O–H groups in total. The summed E-state index contributed by atoms with van der Waals surface area (Å²) in [5.74, 6) is 4.91. The standard InChI is InChI=1S/C25H46O2Si2/c1-24-15-13-19(26-28(3,4)5)17-18(24)9-10-20-21-11-12-23(27-29(6,7)8)25(21,2)16-14-22(20)24/h12,18-22H,9-11,13-17H2,1-8H3/t18-,19-,20?,21?,22?,24+,25+/m1/s1. The maximum absolute atomic E-state index is 6.63. The van der Waals surface area contributed by atoms with Gasteiger partial charge in [0.05, 0.1) is 5.76 Å². The van der Waals surface area contributed by atoms with Crippen molar-refractivity contribution < 1.29 is 8.85 Å². The predicted octanol–water partition coefficient (Wildman–Crippen LogP) is 7.59. The van der Waals surface area contributed by atoms with E-state index in [4.69, 9.17) is 8.85 Å². The molecule has 3 unspecified atom stereocenters. The number of hydrogen-bond donors (Lipinski definition) is 0. The van der Waals surface area contributed by atoms with Crippen LogP contribution in [0.5, 0.6) is 0 Å². The van der Waals surface area contributed by atoms with Gasteiger partial charge in [-0.25, -0.2) is 0 Å². The second-order valence-electron chi connectivity index (χ2n) is 13.3. The lowest BCUT2D eigenvalue weighted by molar-refractivity contribution is -0.119. The molecule has 29 heavy (non-hydrogen) atoms. The molecule has 0 bridgehead atoms. The molecule has 166 valence electrons. The number of allylic oxidation sites excluding steroid dienone is 2. The number of fused-ring (bicyclic) bond motifs is 5. The lowest BCUT2D eigenvalue weighted by Gasteiger charge is -2.61. The quantitative estimate of drug-likeness (QED) is 0.424. The summed E-state index contributed by atoms with van der Waals surface area (Å²) in [6, 6.07) is 0. The Labute approximate surface area is 182 Å². The van der Waals surface area contributed by atoms with Gasteiger partial charge in [0.15, 0.2) is 8.32 Å². The third kappa shape index (κ3) is 4.07. The second kappa shape index (κ2) is 7.23. The first-order chi connectivity index (χ1) is 13.3. The molecule has 0 amide bonds. The first-order valence-corrected chi connectivity index (χ1v) is 19.2. The van der Waals surface area contributed by atoms with Crippen molar-refractivity contribution in [3.05, 3.63) is 11.8 Å². The highest BCUT2D eigenvalue weighted by Gasteiger charge is 2.59. The summed E-state index contributed by atoms with van der Waals surface area (Å²) in [5.41, 5.74) is 0.856. The smallest absolute Gasteiger partial charge is 0.241 e. The molecular weight excluding hydrogens is 388 g/mol. The molecule has 0 aromatic rings. The fourth-order valence-corrected chi connectivity index (χ4v) is 10.0.